The van der Waals surface area contributed by atoms with Gasteiger partial charge in [-0.05, 0) is 31.5 Å². The molecule has 1 aromatic carbocycles. The average Bonchev–Trinajstić information content (AvgIpc) is 3.33. The fourth-order valence-corrected chi connectivity index (χ4v) is 3.41. The fourth-order valence-electron chi connectivity index (χ4n) is 3.41. The van der Waals surface area contributed by atoms with Gasteiger partial charge in [0.1, 0.15) is 5.75 Å². The maximum atomic E-state index is 12.5. The van der Waals surface area contributed by atoms with Gasteiger partial charge in [-0.15, -0.1) is 5.10 Å². The van der Waals surface area contributed by atoms with Gasteiger partial charge in [0.05, 0.1) is 25.9 Å². The zero-order valence-corrected chi connectivity index (χ0v) is 19.9. The van der Waals surface area contributed by atoms with Crippen LogP contribution in [-0.4, -0.2) is 85.8 Å². The first-order chi connectivity index (χ1) is 17.2. The number of rotatable bonds is 11. The molecule has 2 aromatic rings. The van der Waals surface area contributed by atoms with E-state index in [1.54, 1.807) is 6.07 Å². The van der Waals surface area contributed by atoms with E-state index in [1.165, 1.54) is 26.2 Å². The molecular weight excluding hydrogens is 487 g/mol. The molecule has 1 saturated heterocycles. The number of benzene rings is 1. The lowest BCUT2D eigenvalue weighted by Crippen LogP contribution is -2.37. The van der Waals surface area contributed by atoms with E-state index in [-0.39, 0.29) is 29.8 Å². The number of hydrogen-bond acceptors (Lipinski definition) is 10. The summed E-state index contributed by atoms with van der Waals surface area (Å²) in [5, 5.41) is 13.5. The van der Waals surface area contributed by atoms with Crippen molar-refractivity contribution in [2.75, 3.05) is 57.1 Å². The number of hydrogen-bond donors (Lipinski definition) is 2. The number of methoxy groups -OCH3 is 1. The third-order valence-corrected chi connectivity index (χ3v) is 5.30. The summed E-state index contributed by atoms with van der Waals surface area (Å²) in [5.41, 5.74) is 0.656. The second-order valence-electron chi connectivity index (χ2n) is 7.85. The number of alkyl halides is 3. The average molecular weight is 515 g/mol. The minimum Gasteiger partial charge on any atom is -0.496 e. The van der Waals surface area contributed by atoms with Crippen molar-refractivity contribution in [1.82, 2.24) is 15.1 Å². The van der Waals surface area contributed by atoms with E-state index in [9.17, 15) is 22.8 Å². The summed E-state index contributed by atoms with van der Waals surface area (Å²) < 4.78 is 58.0. The standard InChI is InChI=1S/C22H28F3N5O6/c1-3-16(35-20(32)22(23,24)25)18(31)27-14-5-6-15(17(13-14)33-2)19-28-29-21(36-19)26-7-4-8-30-9-11-34-12-10-30/h5-6,13,16H,3-4,7-12H2,1-2H3,(H,26,29)(H,27,31). The molecular formula is C22H28F3N5O6. The van der Waals surface area contributed by atoms with Gasteiger partial charge >= 0.3 is 18.2 Å². The highest BCUT2D eigenvalue weighted by atomic mass is 19.4. The van der Waals surface area contributed by atoms with E-state index >= 15 is 0 Å². The Morgan fingerprint density at radius 3 is 2.64 bits per heavy atom. The summed E-state index contributed by atoms with van der Waals surface area (Å²) in [7, 11) is 1.39. The number of halogens is 3. The number of carbonyl (C=O) groups is 2. The quantitative estimate of drug-likeness (QED) is 0.341. The zero-order valence-electron chi connectivity index (χ0n) is 19.9. The second kappa shape index (κ2) is 12.5. The molecule has 1 aliphatic rings. The fraction of sp³-hybridized carbons (Fsp3) is 0.545. The lowest BCUT2D eigenvalue weighted by molar-refractivity contribution is -0.204. The highest BCUT2D eigenvalue weighted by molar-refractivity contribution is 5.96. The van der Waals surface area contributed by atoms with Crippen molar-refractivity contribution in [2.45, 2.75) is 32.0 Å². The van der Waals surface area contributed by atoms with Crippen LogP contribution in [0.5, 0.6) is 5.75 Å². The second-order valence-corrected chi connectivity index (χ2v) is 7.85. The Bertz CT molecular complexity index is 1030. The highest BCUT2D eigenvalue weighted by Gasteiger charge is 2.43. The Morgan fingerprint density at radius 2 is 1.97 bits per heavy atom. The zero-order chi connectivity index (χ0) is 26.1. The molecule has 1 unspecified atom stereocenters. The molecule has 1 atom stereocenters. The number of nitrogens with one attached hydrogen (secondary N) is 2. The Balaban J connectivity index is 1.58. The highest BCUT2D eigenvalue weighted by Crippen LogP contribution is 2.32. The first-order valence-corrected chi connectivity index (χ1v) is 11.4. The van der Waals surface area contributed by atoms with Crippen LogP contribution in [0.25, 0.3) is 11.5 Å². The Labute approximate surface area is 205 Å². The monoisotopic (exact) mass is 515 g/mol. The van der Waals surface area contributed by atoms with Crippen LogP contribution >= 0.6 is 0 Å². The van der Waals surface area contributed by atoms with Crippen LogP contribution < -0.4 is 15.4 Å². The summed E-state index contributed by atoms with van der Waals surface area (Å²) in [5.74, 6) is -2.90. The van der Waals surface area contributed by atoms with Gasteiger partial charge in [-0.3, -0.25) is 9.69 Å². The third kappa shape index (κ3) is 7.55. The van der Waals surface area contributed by atoms with E-state index < -0.39 is 24.2 Å². The van der Waals surface area contributed by atoms with E-state index in [1.807, 2.05) is 0 Å². The molecule has 0 aliphatic carbocycles. The number of ether oxygens (including phenoxy) is 3. The molecule has 14 heteroatoms. The number of nitrogens with zero attached hydrogens (tertiary/aromatic N) is 3. The number of esters is 1. The lowest BCUT2D eigenvalue weighted by atomic mass is 10.1. The molecule has 1 amide bonds. The van der Waals surface area contributed by atoms with Gasteiger partial charge in [-0.25, -0.2) is 4.79 Å². The molecule has 36 heavy (non-hydrogen) atoms. The van der Waals surface area contributed by atoms with E-state index in [2.05, 4.69) is 30.5 Å². The van der Waals surface area contributed by atoms with Crippen LogP contribution in [0.1, 0.15) is 19.8 Å². The van der Waals surface area contributed by atoms with Crippen LogP contribution in [0, 0.1) is 0 Å². The summed E-state index contributed by atoms with van der Waals surface area (Å²) in [6.07, 6.45) is -6.07. The molecule has 0 radical (unpaired) electrons. The molecule has 1 aromatic heterocycles. The number of aromatic nitrogens is 2. The number of amides is 1. The van der Waals surface area contributed by atoms with Crippen molar-refractivity contribution in [3.63, 3.8) is 0 Å². The van der Waals surface area contributed by atoms with Crippen LogP contribution in [0.4, 0.5) is 24.9 Å². The Morgan fingerprint density at radius 1 is 1.22 bits per heavy atom. The SMILES string of the molecule is CCC(OC(=O)C(F)(F)F)C(=O)Nc1ccc(-c2nnc(NCCCN3CCOCC3)o2)c(OC)c1. The molecule has 1 fully saturated rings. The van der Waals surface area contributed by atoms with Gasteiger partial charge in [0.25, 0.3) is 11.8 Å². The van der Waals surface area contributed by atoms with Crippen molar-refractivity contribution in [3.05, 3.63) is 18.2 Å². The molecule has 0 bridgehead atoms. The van der Waals surface area contributed by atoms with Crippen molar-refractivity contribution in [2.24, 2.45) is 0 Å². The number of anilines is 2. The van der Waals surface area contributed by atoms with Gasteiger partial charge in [-0.2, -0.15) is 13.2 Å². The van der Waals surface area contributed by atoms with Crippen molar-refractivity contribution < 1.29 is 41.4 Å². The molecule has 2 N–H and O–H groups in total. The van der Waals surface area contributed by atoms with Crippen molar-refractivity contribution in [1.29, 1.82) is 0 Å². The molecule has 198 valence electrons. The summed E-state index contributed by atoms with van der Waals surface area (Å²) >= 11 is 0. The smallest absolute Gasteiger partial charge is 0.490 e. The van der Waals surface area contributed by atoms with Crippen LogP contribution in [-0.2, 0) is 19.1 Å². The lowest BCUT2D eigenvalue weighted by Gasteiger charge is -2.26. The minimum atomic E-state index is -5.20. The molecule has 2 heterocycles. The molecule has 3 rings (SSSR count). The summed E-state index contributed by atoms with van der Waals surface area (Å²) in [6.45, 7) is 6.30. The molecule has 0 spiro atoms. The van der Waals surface area contributed by atoms with E-state index in [0.717, 1.165) is 39.3 Å². The van der Waals surface area contributed by atoms with Gasteiger partial charge in [0.2, 0.25) is 0 Å². The van der Waals surface area contributed by atoms with Gasteiger partial charge in [0.15, 0.2) is 6.10 Å². The predicted molar refractivity (Wildman–Crippen MR) is 122 cm³/mol. The number of morpholine rings is 1. The molecule has 11 nitrogen and oxygen atoms in total. The normalized spacial score (nSPS) is 15.2. The first-order valence-electron chi connectivity index (χ1n) is 11.4. The third-order valence-electron chi connectivity index (χ3n) is 5.30. The predicted octanol–water partition coefficient (Wildman–Crippen LogP) is 2.70. The maximum absolute atomic E-state index is 12.5. The van der Waals surface area contributed by atoms with Crippen molar-refractivity contribution >= 4 is 23.6 Å². The summed E-state index contributed by atoms with van der Waals surface area (Å²) in [4.78, 5) is 25.7. The molecule has 0 saturated carbocycles. The first kappa shape index (κ1) is 27.2. The van der Waals surface area contributed by atoms with Gasteiger partial charge in [-0.1, -0.05) is 12.0 Å². The minimum absolute atomic E-state index is 0.146. The Kier molecular flexibility index (Phi) is 9.47. The topological polar surface area (TPSA) is 128 Å². The largest absolute Gasteiger partial charge is 0.496 e. The van der Waals surface area contributed by atoms with Gasteiger partial charge in [0, 0.05) is 31.4 Å². The number of carbonyl (C=O) groups excluding carboxylic acids is 2. The van der Waals surface area contributed by atoms with E-state index in [4.69, 9.17) is 13.9 Å². The van der Waals surface area contributed by atoms with Crippen LogP contribution in [0.3, 0.4) is 0 Å². The van der Waals surface area contributed by atoms with Gasteiger partial charge < -0.3 is 29.3 Å². The maximum Gasteiger partial charge on any atom is 0.490 e. The molecule has 1 aliphatic heterocycles. The van der Waals surface area contributed by atoms with Crippen LogP contribution in [0.15, 0.2) is 22.6 Å². The van der Waals surface area contributed by atoms with E-state index in [0.29, 0.717) is 12.1 Å². The van der Waals surface area contributed by atoms with Crippen LogP contribution in [0.2, 0.25) is 0 Å². The summed E-state index contributed by atoms with van der Waals surface area (Å²) in [6, 6.07) is 4.70. The Hall–Kier alpha value is -3.39. The van der Waals surface area contributed by atoms with Crippen molar-refractivity contribution in [3.8, 4) is 17.2 Å².